The lowest BCUT2D eigenvalue weighted by Crippen LogP contribution is -2.44. The maximum Gasteiger partial charge on any atom is 0.417 e. The second kappa shape index (κ2) is 8.75. The summed E-state index contributed by atoms with van der Waals surface area (Å²) in [5.74, 6) is 1.14. The van der Waals surface area contributed by atoms with Gasteiger partial charge in [-0.2, -0.15) is 13.2 Å². The molecule has 3 aromatic rings. The van der Waals surface area contributed by atoms with E-state index in [0.29, 0.717) is 60.2 Å². The van der Waals surface area contributed by atoms with Gasteiger partial charge in [-0.1, -0.05) is 0 Å². The number of amides is 3. The standard InChI is InChI=1S/C24H20F3N5O5/c25-24(26,27)13-5-15(9-28-8-13)31-10-21(33)32(23(31)34)14-1-3-16(4-2-14)37-22-17-6-19-20(36-12-35-19)7-18(17)29-11-30-22/h5-9,11,14,16H,1-4,10,12H2. The van der Waals surface area contributed by atoms with E-state index in [0.717, 1.165) is 22.1 Å². The molecule has 1 aliphatic carbocycles. The third-order valence-corrected chi connectivity index (χ3v) is 6.74. The topological polar surface area (TPSA) is 107 Å². The summed E-state index contributed by atoms with van der Waals surface area (Å²) in [7, 11) is 0. The van der Waals surface area contributed by atoms with Crippen LogP contribution in [0.15, 0.2) is 36.9 Å². The van der Waals surface area contributed by atoms with Crippen molar-refractivity contribution in [3.05, 3.63) is 42.5 Å². The molecule has 2 aliphatic heterocycles. The minimum atomic E-state index is -4.61. The molecule has 0 bridgehead atoms. The van der Waals surface area contributed by atoms with E-state index in [2.05, 4.69) is 15.0 Å². The van der Waals surface area contributed by atoms with Crippen LogP contribution in [0.5, 0.6) is 17.4 Å². The van der Waals surface area contributed by atoms with Crippen LogP contribution in [0.4, 0.5) is 23.7 Å². The summed E-state index contributed by atoms with van der Waals surface area (Å²) in [5, 5.41) is 0.684. The number of rotatable bonds is 4. The minimum absolute atomic E-state index is 0.0656. The Morgan fingerprint density at radius 2 is 1.73 bits per heavy atom. The first-order valence-electron chi connectivity index (χ1n) is 11.6. The molecule has 0 spiro atoms. The number of alkyl halides is 3. The second-order valence-corrected chi connectivity index (χ2v) is 9.01. The van der Waals surface area contributed by atoms with Gasteiger partial charge in [-0.05, 0) is 37.8 Å². The zero-order valence-corrected chi connectivity index (χ0v) is 19.3. The molecule has 1 saturated heterocycles. The molecule has 3 amide bonds. The quantitative estimate of drug-likeness (QED) is 0.481. The lowest BCUT2D eigenvalue weighted by Gasteiger charge is -2.33. The van der Waals surface area contributed by atoms with Gasteiger partial charge in [0.25, 0.3) is 5.91 Å². The lowest BCUT2D eigenvalue weighted by atomic mass is 9.92. The largest absolute Gasteiger partial charge is 0.474 e. The molecule has 4 heterocycles. The highest BCUT2D eigenvalue weighted by molar-refractivity contribution is 6.12. The number of urea groups is 1. The molecule has 6 rings (SSSR count). The van der Waals surface area contributed by atoms with Crippen molar-refractivity contribution in [1.82, 2.24) is 19.9 Å². The Labute approximate surface area is 208 Å². The smallest absolute Gasteiger partial charge is 0.417 e. The molecule has 0 unspecified atom stereocenters. The van der Waals surface area contributed by atoms with Crippen molar-refractivity contribution in [2.75, 3.05) is 18.2 Å². The molecule has 10 nitrogen and oxygen atoms in total. The lowest BCUT2D eigenvalue weighted by molar-refractivity contribution is -0.137. The number of ether oxygens (including phenoxy) is 3. The van der Waals surface area contributed by atoms with Crippen molar-refractivity contribution in [2.45, 2.75) is 44.0 Å². The van der Waals surface area contributed by atoms with Crippen LogP contribution in [0.25, 0.3) is 10.9 Å². The molecule has 0 radical (unpaired) electrons. The van der Waals surface area contributed by atoms with Gasteiger partial charge in [-0.15, -0.1) is 0 Å². The van der Waals surface area contributed by atoms with E-state index in [1.165, 1.54) is 6.33 Å². The zero-order chi connectivity index (χ0) is 25.7. The first-order chi connectivity index (χ1) is 17.8. The highest BCUT2D eigenvalue weighted by Gasteiger charge is 2.43. The Hall–Kier alpha value is -4.16. The molecule has 13 heteroatoms. The Morgan fingerprint density at radius 1 is 0.973 bits per heavy atom. The number of nitrogens with zero attached hydrogens (tertiary/aromatic N) is 5. The summed E-state index contributed by atoms with van der Waals surface area (Å²) in [6, 6.07) is 3.34. The first kappa shape index (κ1) is 23.3. The van der Waals surface area contributed by atoms with Gasteiger partial charge in [0, 0.05) is 18.3 Å². The van der Waals surface area contributed by atoms with Gasteiger partial charge in [0.2, 0.25) is 12.7 Å². The van der Waals surface area contributed by atoms with Crippen LogP contribution in [0.3, 0.4) is 0 Å². The van der Waals surface area contributed by atoms with E-state index in [4.69, 9.17) is 14.2 Å². The number of pyridine rings is 1. The molecule has 2 aromatic heterocycles. The van der Waals surface area contributed by atoms with Gasteiger partial charge in [0.15, 0.2) is 11.5 Å². The van der Waals surface area contributed by atoms with Gasteiger partial charge < -0.3 is 14.2 Å². The molecule has 0 atom stereocenters. The molecule has 0 N–H and O–H groups in total. The van der Waals surface area contributed by atoms with Gasteiger partial charge in [0.1, 0.15) is 19.0 Å². The Morgan fingerprint density at radius 3 is 2.49 bits per heavy atom. The molecule has 1 saturated carbocycles. The summed E-state index contributed by atoms with van der Waals surface area (Å²) in [6.07, 6.45) is 0.530. The first-order valence-corrected chi connectivity index (χ1v) is 11.6. The molecule has 3 aliphatic rings. The molecule has 2 fully saturated rings. The number of anilines is 1. The fraction of sp³-hybridized carbons (Fsp3) is 0.375. The van der Waals surface area contributed by atoms with Gasteiger partial charge in [-0.3, -0.25) is 19.6 Å². The highest BCUT2D eigenvalue weighted by atomic mass is 19.4. The van der Waals surface area contributed by atoms with Gasteiger partial charge >= 0.3 is 12.2 Å². The van der Waals surface area contributed by atoms with Crippen LogP contribution in [-0.4, -0.2) is 57.3 Å². The Balaban J connectivity index is 1.13. The number of imide groups is 1. The fourth-order valence-electron chi connectivity index (χ4n) is 4.90. The third-order valence-electron chi connectivity index (χ3n) is 6.74. The Kier molecular flexibility index (Phi) is 5.50. The Bertz CT molecular complexity index is 1390. The van der Waals surface area contributed by atoms with Crippen LogP contribution in [-0.2, 0) is 11.0 Å². The summed E-state index contributed by atoms with van der Waals surface area (Å²) < 4.78 is 56.2. The maximum atomic E-state index is 13.1. The second-order valence-electron chi connectivity index (χ2n) is 9.01. The third kappa shape index (κ3) is 4.23. The van der Waals surface area contributed by atoms with Crippen molar-refractivity contribution in [1.29, 1.82) is 0 Å². The molecule has 37 heavy (non-hydrogen) atoms. The van der Waals surface area contributed by atoms with Crippen molar-refractivity contribution in [3.63, 3.8) is 0 Å². The van der Waals surface area contributed by atoms with Crippen molar-refractivity contribution < 1.29 is 37.0 Å². The number of benzene rings is 1. The van der Waals surface area contributed by atoms with E-state index in [-0.39, 0.29) is 31.2 Å². The predicted octanol–water partition coefficient (Wildman–Crippen LogP) is 3.93. The van der Waals surface area contributed by atoms with E-state index >= 15 is 0 Å². The number of hydrogen-bond acceptors (Lipinski definition) is 8. The van der Waals surface area contributed by atoms with E-state index in [9.17, 15) is 22.8 Å². The SMILES string of the molecule is O=C1CN(c2cncc(C(F)(F)F)c2)C(=O)N1C1CCC(Oc2ncnc3cc4c(cc23)OCO4)CC1. The minimum Gasteiger partial charge on any atom is -0.474 e. The number of carbonyl (C=O) groups is 2. The van der Waals surface area contributed by atoms with E-state index in [1.54, 1.807) is 12.1 Å². The molecule has 1 aromatic carbocycles. The highest BCUT2D eigenvalue weighted by Crippen LogP contribution is 2.39. The van der Waals surface area contributed by atoms with E-state index < -0.39 is 23.7 Å². The zero-order valence-electron chi connectivity index (χ0n) is 19.3. The van der Waals surface area contributed by atoms with Crippen LogP contribution < -0.4 is 19.1 Å². The fourth-order valence-corrected chi connectivity index (χ4v) is 4.90. The summed E-state index contributed by atoms with van der Waals surface area (Å²) >= 11 is 0. The maximum absolute atomic E-state index is 13.1. The summed E-state index contributed by atoms with van der Waals surface area (Å²) in [4.78, 5) is 40.1. The monoisotopic (exact) mass is 515 g/mol. The van der Waals surface area contributed by atoms with Crippen molar-refractivity contribution >= 4 is 28.5 Å². The van der Waals surface area contributed by atoms with Crippen molar-refractivity contribution in [3.8, 4) is 17.4 Å². The average molecular weight is 515 g/mol. The summed E-state index contributed by atoms with van der Waals surface area (Å²) in [6.45, 7) is -0.198. The summed E-state index contributed by atoms with van der Waals surface area (Å²) in [5.41, 5.74) is -0.396. The number of fused-ring (bicyclic) bond motifs is 2. The van der Waals surface area contributed by atoms with Crippen LogP contribution >= 0.6 is 0 Å². The average Bonchev–Trinajstić information content (AvgIpc) is 3.46. The van der Waals surface area contributed by atoms with Crippen molar-refractivity contribution in [2.24, 2.45) is 0 Å². The number of hydrogen-bond donors (Lipinski definition) is 0. The number of carbonyl (C=O) groups excluding carboxylic acids is 2. The van der Waals surface area contributed by atoms with E-state index in [1.807, 2.05) is 0 Å². The predicted molar refractivity (Wildman–Crippen MR) is 121 cm³/mol. The molecular formula is C24H20F3N5O5. The van der Waals surface area contributed by atoms with Crippen LogP contribution in [0.2, 0.25) is 0 Å². The number of halogens is 3. The van der Waals surface area contributed by atoms with Crippen LogP contribution in [0, 0.1) is 0 Å². The molecular weight excluding hydrogens is 495 g/mol. The van der Waals surface area contributed by atoms with Gasteiger partial charge in [0.05, 0.1) is 28.4 Å². The molecule has 192 valence electrons. The normalized spacial score (nSPS) is 21.7. The van der Waals surface area contributed by atoms with Gasteiger partial charge in [-0.25, -0.2) is 14.8 Å². The number of aromatic nitrogens is 3. The van der Waals surface area contributed by atoms with Crippen LogP contribution in [0.1, 0.15) is 31.2 Å².